The molecule has 0 heterocycles. The highest BCUT2D eigenvalue weighted by Crippen LogP contribution is 2.22. The molecule has 16 heavy (non-hydrogen) atoms. The van der Waals surface area contributed by atoms with Crippen molar-refractivity contribution in [3.05, 3.63) is 29.8 Å². The summed E-state index contributed by atoms with van der Waals surface area (Å²) in [6, 6.07) is 6.36. The standard InChI is InChI=1S/C11H14F3NO/c1-8(16)9-3-5-10(6-4-9)15(2)7-11(12,13)14/h3-6,8,16H,7H2,1-2H3/t8-/m1/s1. The Labute approximate surface area is 92.3 Å². The van der Waals surface area contributed by atoms with Crippen LogP contribution in [0.5, 0.6) is 0 Å². The zero-order valence-electron chi connectivity index (χ0n) is 9.12. The van der Waals surface area contributed by atoms with Gasteiger partial charge in [-0.15, -0.1) is 0 Å². The zero-order chi connectivity index (χ0) is 12.3. The molecule has 0 aliphatic rings. The van der Waals surface area contributed by atoms with Crippen LogP contribution >= 0.6 is 0 Å². The highest BCUT2D eigenvalue weighted by atomic mass is 19.4. The van der Waals surface area contributed by atoms with Gasteiger partial charge >= 0.3 is 6.18 Å². The van der Waals surface area contributed by atoms with Gasteiger partial charge in [0.05, 0.1) is 6.10 Å². The van der Waals surface area contributed by atoms with Crippen molar-refractivity contribution >= 4 is 5.69 Å². The van der Waals surface area contributed by atoms with E-state index in [0.717, 1.165) is 4.90 Å². The molecule has 0 aliphatic heterocycles. The van der Waals surface area contributed by atoms with Crippen molar-refractivity contribution in [2.45, 2.75) is 19.2 Å². The largest absolute Gasteiger partial charge is 0.405 e. The van der Waals surface area contributed by atoms with Gasteiger partial charge in [-0.1, -0.05) is 12.1 Å². The average molecular weight is 233 g/mol. The summed E-state index contributed by atoms with van der Waals surface area (Å²) in [5, 5.41) is 9.25. The minimum absolute atomic E-state index is 0.474. The van der Waals surface area contributed by atoms with Crippen LogP contribution in [0, 0.1) is 0 Å². The molecule has 0 bridgehead atoms. The Hall–Kier alpha value is -1.23. The lowest BCUT2D eigenvalue weighted by molar-refractivity contribution is -0.119. The van der Waals surface area contributed by atoms with Gasteiger partial charge in [0, 0.05) is 12.7 Å². The van der Waals surface area contributed by atoms with Gasteiger partial charge in [0.2, 0.25) is 0 Å². The lowest BCUT2D eigenvalue weighted by Gasteiger charge is -2.21. The highest BCUT2D eigenvalue weighted by molar-refractivity contribution is 5.47. The molecule has 0 spiro atoms. The number of aliphatic hydroxyl groups is 1. The number of alkyl halides is 3. The number of anilines is 1. The predicted molar refractivity (Wildman–Crippen MR) is 56.4 cm³/mol. The van der Waals surface area contributed by atoms with E-state index in [-0.39, 0.29) is 0 Å². The maximum Gasteiger partial charge on any atom is 0.405 e. The summed E-state index contributed by atoms with van der Waals surface area (Å²) < 4.78 is 36.4. The molecule has 0 amide bonds. The molecule has 1 N–H and O–H groups in total. The molecular formula is C11H14F3NO. The predicted octanol–water partition coefficient (Wildman–Crippen LogP) is 2.74. The Kier molecular flexibility index (Phi) is 3.80. The Morgan fingerprint density at radius 1 is 1.25 bits per heavy atom. The smallest absolute Gasteiger partial charge is 0.389 e. The van der Waals surface area contributed by atoms with E-state index in [2.05, 4.69) is 0 Å². The Morgan fingerprint density at radius 2 is 1.75 bits per heavy atom. The highest BCUT2D eigenvalue weighted by Gasteiger charge is 2.29. The second-order valence-electron chi connectivity index (χ2n) is 3.74. The van der Waals surface area contributed by atoms with Crippen LogP contribution in [-0.4, -0.2) is 24.9 Å². The Morgan fingerprint density at radius 3 is 2.12 bits per heavy atom. The maximum atomic E-state index is 12.1. The lowest BCUT2D eigenvalue weighted by Crippen LogP contribution is -2.30. The second-order valence-corrected chi connectivity index (χ2v) is 3.74. The van der Waals surface area contributed by atoms with Crippen molar-refractivity contribution in [2.75, 3.05) is 18.5 Å². The first-order valence-electron chi connectivity index (χ1n) is 4.85. The quantitative estimate of drug-likeness (QED) is 0.867. The molecule has 0 radical (unpaired) electrons. The number of hydrogen-bond acceptors (Lipinski definition) is 2. The van der Waals surface area contributed by atoms with Crippen LogP contribution in [0.15, 0.2) is 24.3 Å². The summed E-state index contributed by atoms with van der Waals surface area (Å²) in [6.45, 7) is 0.620. The third-order valence-electron chi connectivity index (χ3n) is 2.23. The van der Waals surface area contributed by atoms with E-state index in [0.29, 0.717) is 11.3 Å². The van der Waals surface area contributed by atoms with Gasteiger partial charge < -0.3 is 10.0 Å². The summed E-state index contributed by atoms with van der Waals surface area (Å²) in [7, 11) is 1.38. The van der Waals surface area contributed by atoms with Gasteiger partial charge in [-0.25, -0.2) is 0 Å². The molecule has 1 rings (SSSR count). The van der Waals surface area contributed by atoms with Crippen LogP contribution in [0.4, 0.5) is 18.9 Å². The van der Waals surface area contributed by atoms with Gasteiger partial charge in [0.15, 0.2) is 0 Å². The topological polar surface area (TPSA) is 23.5 Å². The number of nitrogens with zero attached hydrogens (tertiary/aromatic N) is 1. The molecule has 0 unspecified atom stereocenters. The summed E-state index contributed by atoms with van der Waals surface area (Å²) in [6.07, 6.45) is -4.82. The van der Waals surface area contributed by atoms with E-state index in [1.54, 1.807) is 31.2 Å². The third kappa shape index (κ3) is 3.73. The average Bonchev–Trinajstić information content (AvgIpc) is 2.15. The van der Waals surface area contributed by atoms with Crippen LogP contribution in [0.3, 0.4) is 0 Å². The monoisotopic (exact) mass is 233 g/mol. The van der Waals surface area contributed by atoms with Gasteiger partial charge in [-0.2, -0.15) is 13.2 Å². The SMILES string of the molecule is C[C@@H](O)c1ccc(N(C)CC(F)(F)F)cc1. The van der Waals surface area contributed by atoms with Crippen molar-refractivity contribution in [1.29, 1.82) is 0 Å². The first-order chi connectivity index (χ1) is 7.29. The molecule has 1 aromatic rings. The number of rotatable bonds is 3. The molecule has 0 fully saturated rings. The van der Waals surface area contributed by atoms with Crippen LogP contribution in [0.25, 0.3) is 0 Å². The van der Waals surface area contributed by atoms with Gasteiger partial charge in [-0.05, 0) is 24.6 Å². The van der Waals surface area contributed by atoms with Crippen molar-refractivity contribution in [3.8, 4) is 0 Å². The van der Waals surface area contributed by atoms with Gasteiger partial charge in [-0.3, -0.25) is 0 Å². The van der Waals surface area contributed by atoms with E-state index in [9.17, 15) is 18.3 Å². The molecular weight excluding hydrogens is 219 g/mol. The molecule has 0 aliphatic carbocycles. The van der Waals surface area contributed by atoms with E-state index in [1.807, 2.05) is 0 Å². The minimum Gasteiger partial charge on any atom is -0.389 e. The molecule has 1 atom stereocenters. The molecule has 0 aromatic heterocycles. The fourth-order valence-electron chi connectivity index (χ4n) is 1.37. The third-order valence-corrected chi connectivity index (χ3v) is 2.23. The molecule has 0 saturated carbocycles. The van der Waals surface area contributed by atoms with Crippen LogP contribution in [-0.2, 0) is 0 Å². The van der Waals surface area contributed by atoms with Crippen molar-refractivity contribution in [1.82, 2.24) is 0 Å². The van der Waals surface area contributed by atoms with E-state index in [1.165, 1.54) is 7.05 Å². The second kappa shape index (κ2) is 4.74. The first kappa shape index (κ1) is 12.8. The fraction of sp³-hybridized carbons (Fsp3) is 0.455. The number of hydrogen-bond donors (Lipinski definition) is 1. The van der Waals surface area contributed by atoms with Crippen LogP contribution in [0.2, 0.25) is 0 Å². The summed E-state index contributed by atoms with van der Waals surface area (Å²) >= 11 is 0. The van der Waals surface area contributed by atoms with Crippen LogP contribution < -0.4 is 4.90 Å². The molecule has 90 valence electrons. The first-order valence-corrected chi connectivity index (χ1v) is 4.85. The Bertz CT molecular complexity index is 332. The molecule has 0 saturated heterocycles. The van der Waals surface area contributed by atoms with Crippen LogP contribution in [0.1, 0.15) is 18.6 Å². The van der Waals surface area contributed by atoms with Crippen molar-refractivity contribution < 1.29 is 18.3 Å². The summed E-state index contributed by atoms with van der Waals surface area (Å²) in [4.78, 5) is 1.12. The molecule has 1 aromatic carbocycles. The number of benzene rings is 1. The van der Waals surface area contributed by atoms with Crippen molar-refractivity contribution in [2.24, 2.45) is 0 Å². The van der Waals surface area contributed by atoms with E-state index in [4.69, 9.17) is 0 Å². The molecule has 2 nitrogen and oxygen atoms in total. The Balaban J connectivity index is 2.74. The summed E-state index contributed by atoms with van der Waals surface area (Å²) in [5.41, 5.74) is 1.16. The van der Waals surface area contributed by atoms with Gasteiger partial charge in [0.1, 0.15) is 6.54 Å². The normalized spacial score (nSPS) is 13.6. The summed E-state index contributed by atoms with van der Waals surface area (Å²) in [5.74, 6) is 0. The number of halogens is 3. The number of aliphatic hydroxyl groups excluding tert-OH is 1. The van der Waals surface area contributed by atoms with Crippen molar-refractivity contribution in [3.63, 3.8) is 0 Å². The van der Waals surface area contributed by atoms with E-state index < -0.39 is 18.8 Å². The van der Waals surface area contributed by atoms with E-state index >= 15 is 0 Å². The fourth-order valence-corrected chi connectivity index (χ4v) is 1.37. The minimum atomic E-state index is -4.21. The lowest BCUT2D eigenvalue weighted by atomic mass is 10.1. The maximum absolute atomic E-state index is 12.1. The zero-order valence-corrected chi connectivity index (χ0v) is 9.12. The van der Waals surface area contributed by atoms with Gasteiger partial charge in [0.25, 0.3) is 0 Å². The molecule has 5 heteroatoms.